The first-order chi connectivity index (χ1) is 13.3. The third-order valence-electron chi connectivity index (χ3n) is 5.24. The van der Waals surface area contributed by atoms with Crippen LogP contribution in [0.1, 0.15) is 19.4 Å². The first-order valence-corrected chi connectivity index (χ1v) is 8.71. The Kier molecular flexibility index (Phi) is 5.21. The Morgan fingerprint density at radius 1 is 0.931 bits per heavy atom. The Labute approximate surface area is 163 Å². The molecule has 1 aliphatic rings. The second kappa shape index (κ2) is 7.11. The highest BCUT2D eigenvalue weighted by atomic mass is 19.3. The summed E-state index contributed by atoms with van der Waals surface area (Å²) in [5.41, 5.74) is -0.867. The molecular weight excluding hydrogens is 400 g/mol. The van der Waals surface area contributed by atoms with Crippen molar-refractivity contribution < 1.29 is 35.5 Å². The van der Waals surface area contributed by atoms with Gasteiger partial charge in [-0.2, -0.15) is 8.78 Å². The third-order valence-corrected chi connectivity index (χ3v) is 5.24. The van der Waals surface area contributed by atoms with Crippen molar-refractivity contribution in [2.45, 2.75) is 32.6 Å². The van der Waals surface area contributed by atoms with Crippen LogP contribution >= 0.6 is 0 Å². The van der Waals surface area contributed by atoms with E-state index in [-0.39, 0.29) is 29.7 Å². The summed E-state index contributed by atoms with van der Waals surface area (Å²) < 4.78 is 101. The first-order valence-electron chi connectivity index (χ1n) is 8.71. The van der Waals surface area contributed by atoms with E-state index in [0.29, 0.717) is 12.6 Å². The van der Waals surface area contributed by atoms with Gasteiger partial charge in [-0.25, -0.2) is 22.0 Å². The quantitative estimate of drug-likeness (QED) is 0.265. The van der Waals surface area contributed by atoms with E-state index < -0.39 is 46.5 Å². The summed E-state index contributed by atoms with van der Waals surface area (Å²) in [5.74, 6) is -9.70. The largest absolute Gasteiger partial charge is 0.432 e. The van der Waals surface area contributed by atoms with Crippen LogP contribution in [0.15, 0.2) is 36.4 Å². The molecule has 0 unspecified atom stereocenters. The van der Waals surface area contributed by atoms with Crippen LogP contribution in [0.2, 0.25) is 12.6 Å². The summed E-state index contributed by atoms with van der Waals surface area (Å²) in [5, 5.41) is 0. The van der Waals surface area contributed by atoms with E-state index in [0.717, 1.165) is 17.7 Å². The van der Waals surface area contributed by atoms with Gasteiger partial charge in [0.2, 0.25) is 0 Å². The molecule has 0 atom stereocenters. The monoisotopic (exact) mass is 416 g/mol. The van der Waals surface area contributed by atoms with Crippen LogP contribution in [0, 0.1) is 34.5 Å². The maximum Gasteiger partial charge on any atom is 0.432 e. The summed E-state index contributed by atoms with van der Waals surface area (Å²) in [6.07, 6.45) is -3.58. The lowest BCUT2D eigenvalue weighted by Crippen LogP contribution is -2.32. The average Bonchev–Trinajstić information content (AvgIpc) is 2.84. The van der Waals surface area contributed by atoms with Gasteiger partial charge in [-0.05, 0) is 23.9 Å². The molecular formula is C20H16BF7O. The lowest BCUT2D eigenvalue weighted by molar-refractivity contribution is -0.189. The fraction of sp³-hybridized carbons (Fsp3) is 0.300. The van der Waals surface area contributed by atoms with Crippen LogP contribution in [0.5, 0.6) is 5.75 Å². The predicted molar refractivity (Wildman–Crippen MR) is 95.1 cm³/mol. The molecule has 2 aromatic rings. The van der Waals surface area contributed by atoms with Crippen molar-refractivity contribution in [1.82, 2.24) is 0 Å². The maximum absolute atomic E-state index is 14.4. The Bertz CT molecular complexity index is 941. The third kappa shape index (κ3) is 4.00. The van der Waals surface area contributed by atoms with Crippen molar-refractivity contribution >= 4 is 12.2 Å². The summed E-state index contributed by atoms with van der Waals surface area (Å²) in [6.45, 7) is 7.51. The van der Waals surface area contributed by atoms with Gasteiger partial charge in [-0.1, -0.05) is 31.2 Å². The number of halogens is 7. The van der Waals surface area contributed by atoms with Crippen LogP contribution in [0.25, 0.3) is 0 Å². The van der Waals surface area contributed by atoms with E-state index in [1.54, 1.807) is 0 Å². The van der Waals surface area contributed by atoms with Gasteiger partial charge in [0.05, 0.1) is 0 Å². The molecule has 1 nitrogen and oxygen atoms in total. The SMILES string of the molecule is C=C1CB(c2cc(F)c(C(F)(F)Oc3cc(F)c(F)c(F)c3)c(F)c2)CC1(C)C. The Morgan fingerprint density at radius 2 is 1.45 bits per heavy atom. The number of ether oxygens (including phenoxy) is 1. The molecule has 9 heteroatoms. The Morgan fingerprint density at radius 3 is 1.90 bits per heavy atom. The number of rotatable bonds is 4. The minimum absolute atomic E-state index is 0.155. The summed E-state index contributed by atoms with van der Waals surface area (Å²) in [7, 11) is 0. The molecule has 1 aliphatic heterocycles. The summed E-state index contributed by atoms with van der Waals surface area (Å²) >= 11 is 0. The normalized spacial score (nSPS) is 16.4. The van der Waals surface area contributed by atoms with Crippen molar-refractivity contribution in [2.75, 3.05) is 0 Å². The minimum atomic E-state index is -4.60. The highest BCUT2D eigenvalue weighted by molar-refractivity contribution is 6.74. The average molecular weight is 416 g/mol. The predicted octanol–water partition coefficient (Wildman–Crippen LogP) is 5.81. The van der Waals surface area contributed by atoms with Crippen molar-refractivity contribution in [2.24, 2.45) is 5.41 Å². The first kappa shape index (κ1) is 21.3. The molecule has 0 amide bonds. The van der Waals surface area contributed by atoms with Crippen LogP contribution in [0.3, 0.4) is 0 Å². The van der Waals surface area contributed by atoms with Crippen molar-refractivity contribution in [3.05, 3.63) is 71.1 Å². The number of hydrogen-bond acceptors (Lipinski definition) is 1. The molecule has 0 radical (unpaired) electrons. The molecule has 0 saturated carbocycles. The second-order valence-electron chi connectivity index (χ2n) is 7.77. The number of allylic oxidation sites excluding steroid dienone is 1. The smallest absolute Gasteiger partial charge is 0.429 e. The van der Waals surface area contributed by atoms with Gasteiger partial charge < -0.3 is 4.74 Å². The van der Waals surface area contributed by atoms with Gasteiger partial charge in [0.25, 0.3) is 0 Å². The standard InChI is InChI=1S/C20H16BF7O/c1-10-8-21(9-19(10,2)3)11-4-13(22)17(14(23)5-11)20(27,28)29-12-6-15(24)18(26)16(25)7-12/h4-7H,1,8-9H2,2-3H3. The molecule has 0 N–H and O–H groups in total. The maximum atomic E-state index is 14.4. The molecule has 1 fully saturated rings. The van der Waals surface area contributed by atoms with E-state index in [1.165, 1.54) is 0 Å². The number of benzene rings is 2. The second-order valence-corrected chi connectivity index (χ2v) is 7.77. The molecule has 0 bridgehead atoms. The van der Waals surface area contributed by atoms with Gasteiger partial charge in [-0.15, -0.1) is 6.58 Å². The number of hydrogen-bond donors (Lipinski definition) is 0. The fourth-order valence-electron chi connectivity index (χ4n) is 3.54. The van der Waals surface area contributed by atoms with Gasteiger partial charge in [-0.3, -0.25) is 0 Å². The topological polar surface area (TPSA) is 9.23 Å². The Balaban J connectivity index is 1.93. The molecule has 0 spiro atoms. The van der Waals surface area contributed by atoms with Gasteiger partial charge >= 0.3 is 6.11 Å². The van der Waals surface area contributed by atoms with Gasteiger partial charge in [0, 0.05) is 12.1 Å². The lowest BCUT2D eigenvalue weighted by atomic mass is 9.42. The highest BCUT2D eigenvalue weighted by Gasteiger charge is 2.43. The van der Waals surface area contributed by atoms with Crippen LogP contribution < -0.4 is 10.2 Å². The molecule has 154 valence electrons. The molecule has 1 saturated heterocycles. The van der Waals surface area contributed by atoms with E-state index in [2.05, 4.69) is 11.3 Å². The molecule has 29 heavy (non-hydrogen) atoms. The van der Waals surface area contributed by atoms with Crippen molar-refractivity contribution in [3.8, 4) is 5.75 Å². The van der Waals surface area contributed by atoms with E-state index in [1.807, 2.05) is 13.8 Å². The van der Waals surface area contributed by atoms with E-state index >= 15 is 0 Å². The van der Waals surface area contributed by atoms with Crippen LogP contribution in [-0.4, -0.2) is 6.71 Å². The lowest BCUT2D eigenvalue weighted by Gasteiger charge is -2.21. The van der Waals surface area contributed by atoms with Gasteiger partial charge in [0.1, 0.15) is 22.9 Å². The Hall–Kier alpha value is -2.45. The van der Waals surface area contributed by atoms with Crippen molar-refractivity contribution in [3.63, 3.8) is 0 Å². The van der Waals surface area contributed by atoms with E-state index in [4.69, 9.17) is 0 Å². The summed E-state index contributed by atoms with van der Waals surface area (Å²) in [6, 6.07) is 1.90. The zero-order valence-corrected chi connectivity index (χ0v) is 15.6. The molecule has 2 aromatic carbocycles. The zero-order valence-electron chi connectivity index (χ0n) is 15.6. The fourth-order valence-corrected chi connectivity index (χ4v) is 3.54. The van der Waals surface area contributed by atoms with Crippen LogP contribution in [-0.2, 0) is 6.11 Å². The molecule has 1 heterocycles. The van der Waals surface area contributed by atoms with Crippen molar-refractivity contribution in [1.29, 1.82) is 0 Å². The summed E-state index contributed by atoms with van der Waals surface area (Å²) in [4.78, 5) is 0. The molecule has 0 aromatic heterocycles. The molecule has 0 aliphatic carbocycles. The highest BCUT2D eigenvalue weighted by Crippen LogP contribution is 2.42. The minimum Gasteiger partial charge on any atom is -0.429 e. The zero-order chi connectivity index (χ0) is 21.7. The van der Waals surface area contributed by atoms with Gasteiger partial charge in [0.15, 0.2) is 24.2 Å². The number of alkyl halides is 2. The molecule has 3 rings (SSSR count). The van der Waals surface area contributed by atoms with E-state index in [9.17, 15) is 30.7 Å². The van der Waals surface area contributed by atoms with Crippen LogP contribution in [0.4, 0.5) is 30.7 Å².